The van der Waals surface area contributed by atoms with Gasteiger partial charge in [0.25, 0.3) is 0 Å². The monoisotopic (exact) mass is 411 g/mol. The van der Waals surface area contributed by atoms with Crippen LogP contribution in [0, 0.1) is 0 Å². The van der Waals surface area contributed by atoms with Crippen molar-refractivity contribution in [1.82, 2.24) is 5.32 Å². The first-order chi connectivity index (χ1) is 13.8. The van der Waals surface area contributed by atoms with Crippen LogP contribution in [0.15, 0.2) is 47.5 Å². The molecule has 29 heavy (non-hydrogen) atoms. The lowest BCUT2D eigenvalue weighted by molar-refractivity contribution is -0.176. The minimum Gasteiger partial charge on any atom is -0.493 e. The van der Waals surface area contributed by atoms with Gasteiger partial charge in [0.05, 0.1) is 27.4 Å². The second-order valence-electron chi connectivity index (χ2n) is 6.17. The molecule has 2 aromatic rings. The third-order valence-electron chi connectivity index (χ3n) is 3.88. The Bertz CT molecular complexity index is 826. The van der Waals surface area contributed by atoms with Crippen molar-refractivity contribution in [3.8, 4) is 11.5 Å². The number of nitrogens with one attached hydrogen (secondary N) is 1. The van der Waals surface area contributed by atoms with E-state index < -0.39 is 12.8 Å². The molecule has 0 atom stereocenters. The van der Waals surface area contributed by atoms with Crippen LogP contribution in [0.5, 0.6) is 11.5 Å². The number of aliphatic imine (C=N–C) groups is 1. The number of hydrogen-bond donors (Lipinski definition) is 2. The molecule has 0 aliphatic carbocycles. The molecule has 2 rings (SSSR count). The van der Waals surface area contributed by atoms with Gasteiger partial charge in [-0.15, -0.1) is 0 Å². The van der Waals surface area contributed by atoms with Crippen LogP contribution in [-0.4, -0.2) is 33.0 Å². The van der Waals surface area contributed by atoms with Gasteiger partial charge in [-0.3, -0.25) is 0 Å². The van der Waals surface area contributed by atoms with Gasteiger partial charge in [0.2, 0.25) is 0 Å². The number of benzene rings is 2. The van der Waals surface area contributed by atoms with Crippen LogP contribution >= 0.6 is 0 Å². The van der Waals surface area contributed by atoms with Gasteiger partial charge in [-0.05, 0) is 28.8 Å². The van der Waals surface area contributed by atoms with E-state index in [4.69, 9.17) is 15.2 Å². The molecular weight excluding hydrogens is 387 g/mol. The summed E-state index contributed by atoms with van der Waals surface area (Å²) in [5, 5.41) is 3.01. The average Bonchev–Trinajstić information content (AvgIpc) is 2.69. The zero-order valence-corrected chi connectivity index (χ0v) is 16.3. The second kappa shape index (κ2) is 10.6. The summed E-state index contributed by atoms with van der Waals surface area (Å²) in [5.41, 5.74) is 8.28. The quantitative estimate of drug-likeness (QED) is 0.489. The van der Waals surface area contributed by atoms with Gasteiger partial charge in [-0.1, -0.05) is 30.3 Å². The summed E-state index contributed by atoms with van der Waals surface area (Å²) in [5.74, 6) is 1.50. The van der Waals surface area contributed by atoms with E-state index in [1.54, 1.807) is 38.5 Å². The molecule has 0 fully saturated rings. The normalized spacial score (nSPS) is 12.0. The van der Waals surface area contributed by atoms with Crippen LogP contribution in [0.2, 0.25) is 0 Å². The summed E-state index contributed by atoms with van der Waals surface area (Å²) in [7, 11) is 3.13. The van der Waals surface area contributed by atoms with Crippen LogP contribution < -0.4 is 20.5 Å². The Morgan fingerprint density at radius 1 is 1.00 bits per heavy atom. The van der Waals surface area contributed by atoms with Crippen molar-refractivity contribution >= 4 is 5.96 Å². The number of halogens is 3. The molecule has 0 unspecified atom stereocenters. The smallest absolute Gasteiger partial charge is 0.411 e. The number of methoxy groups -OCH3 is 2. The highest BCUT2D eigenvalue weighted by molar-refractivity contribution is 5.77. The SMILES string of the molecule is COc1ccc(CNC(N)=NCc2cccc(COCC(F)(F)F)c2)cc1OC. The summed E-state index contributed by atoms with van der Waals surface area (Å²) in [6, 6.07) is 12.5. The molecule has 0 amide bonds. The topological polar surface area (TPSA) is 78.1 Å². The van der Waals surface area contributed by atoms with Crippen molar-refractivity contribution in [3.05, 3.63) is 59.2 Å². The zero-order valence-electron chi connectivity index (χ0n) is 16.3. The molecule has 6 nitrogen and oxygen atoms in total. The Hall–Kier alpha value is -2.94. The number of alkyl halides is 3. The van der Waals surface area contributed by atoms with Crippen molar-refractivity contribution in [2.45, 2.75) is 25.9 Å². The van der Waals surface area contributed by atoms with Crippen molar-refractivity contribution in [3.63, 3.8) is 0 Å². The van der Waals surface area contributed by atoms with Gasteiger partial charge in [-0.25, -0.2) is 4.99 Å². The molecule has 9 heteroatoms. The largest absolute Gasteiger partial charge is 0.493 e. The Kier molecular flexibility index (Phi) is 8.14. The lowest BCUT2D eigenvalue weighted by atomic mass is 10.1. The standard InChI is InChI=1S/C20H24F3N3O3/c1-27-17-7-6-15(9-18(17)28-2)11-26-19(24)25-10-14-4-3-5-16(8-14)12-29-13-20(21,22)23/h3-9H,10-13H2,1-2H3,(H3,24,25,26). The third kappa shape index (κ3) is 7.90. The molecule has 0 saturated heterocycles. The number of rotatable bonds is 9. The molecule has 0 spiro atoms. The number of guanidine groups is 1. The van der Waals surface area contributed by atoms with Crippen LogP contribution in [0.4, 0.5) is 13.2 Å². The fourth-order valence-corrected chi connectivity index (χ4v) is 2.52. The van der Waals surface area contributed by atoms with E-state index in [1.165, 1.54) is 0 Å². The van der Waals surface area contributed by atoms with Gasteiger partial charge >= 0.3 is 6.18 Å². The summed E-state index contributed by atoms with van der Waals surface area (Å²) >= 11 is 0. The average molecular weight is 411 g/mol. The molecule has 0 saturated carbocycles. The summed E-state index contributed by atoms with van der Waals surface area (Å²) < 4.78 is 51.6. The fraction of sp³-hybridized carbons (Fsp3) is 0.350. The second-order valence-corrected chi connectivity index (χ2v) is 6.17. The minimum absolute atomic E-state index is 0.121. The molecule has 3 N–H and O–H groups in total. The van der Waals surface area contributed by atoms with Gasteiger partial charge in [0, 0.05) is 6.54 Å². The van der Waals surface area contributed by atoms with Crippen molar-refractivity contribution in [1.29, 1.82) is 0 Å². The highest BCUT2D eigenvalue weighted by atomic mass is 19.4. The van der Waals surface area contributed by atoms with Crippen LogP contribution in [0.25, 0.3) is 0 Å². The summed E-state index contributed by atoms with van der Waals surface area (Å²) in [6.45, 7) is -0.661. The summed E-state index contributed by atoms with van der Waals surface area (Å²) in [6.07, 6.45) is -4.34. The van der Waals surface area contributed by atoms with E-state index in [2.05, 4.69) is 15.0 Å². The Morgan fingerprint density at radius 2 is 1.72 bits per heavy atom. The first kappa shape index (κ1) is 22.4. The molecule has 0 aliphatic heterocycles. The Labute approximate surface area is 167 Å². The van der Waals surface area contributed by atoms with Crippen LogP contribution in [0.3, 0.4) is 0 Å². The zero-order chi connectivity index (χ0) is 21.3. The van der Waals surface area contributed by atoms with E-state index in [9.17, 15) is 13.2 Å². The van der Waals surface area contributed by atoms with Crippen molar-refractivity contribution in [2.24, 2.45) is 10.7 Å². The van der Waals surface area contributed by atoms with E-state index in [1.807, 2.05) is 18.2 Å². The van der Waals surface area contributed by atoms with Crippen LogP contribution in [0.1, 0.15) is 16.7 Å². The maximum atomic E-state index is 12.1. The first-order valence-electron chi connectivity index (χ1n) is 8.77. The molecular formula is C20H24F3N3O3. The molecule has 2 aromatic carbocycles. The molecule has 158 valence electrons. The summed E-state index contributed by atoms with van der Waals surface area (Å²) in [4.78, 5) is 4.25. The van der Waals surface area contributed by atoms with Gasteiger partial charge < -0.3 is 25.3 Å². The highest BCUT2D eigenvalue weighted by Gasteiger charge is 2.27. The molecule has 0 bridgehead atoms. The van der Waals surface area contributed by atoms with Crippen molar-refractivity contribution < 1.29 is 27.4 Å². The van der Waals surface area contributed by atoms with Gasteiger partial charge in [-0.2, -0.15) is 13.2 Å². The minimum atomic E-state index is -4.34. The van der Waals surface area contributed by atoms with Gasteiger partial charge in [0.1, 0.15) is 6.61 Å². The number of ether oxygens (including phenoxy) is 3. The molecule has 0 aromatic heterocycles. The maximum absolute atomic E-state index is 12.1. The van der Waals surface area contributed by atoms with E-state index in [-0.39, 0.29) is 19.1 Å². The first-order valence-corrected chi connectivity index (χ1v) is 8.77. The van der Waals surface area contributed by atoms with E-state index >= 15 is 0 Å². The number of nitrogens with zero attached hydrogens (tertiary/aromatic N) is 1. The van der Waals surface area contributed by atoms with Crippen LogP contribution in [-0.2, 0) is 24.4 Å². The third-order valence-corrected chi connectivity index (χ3v) is 3.88. The lowest BCUT2D eigenvalue weighted by Crippen LogP contribution is -2.31. The number of nitrogens with two attached hydrogens (primary N) is 1. The Balaban J connectivity index is 1.87. The maximum Gasteiger partial charge on any atom is 0.411 e. The number of hydrogen-bond acceptors (Lipinski definition) is 4. The molecule has 0 radical (unpaired) electrons. The Morgan fingerprint density at radius 3 is 2.41 bits per heavy atom. The van der Waals surface area contributed by atoms with Gasteiger partial charge in [0.15, 0.2) is 17.5 Å². The van der Waals surface area contributed by atoms with E-state index in [0.717, 1.165) is 11.1 Å². The lowest BCUT2D eigenvalue weighted by Gasteiger charge is -2.11. The fourth-order valence-electron chi connectivity index (χ4n) is 2.52. The predicted molar refractivity (Wildman–Crippen MR) is 104 cm³/mol. The van der Waals surface area contributed by atoms with E-state index in [0.29, 0.717) is 23.6 Å². The molecule has 0 heterocycles. The molecule has 0 aliphatic rings. The predicted octanol–water partition coefficient (Wildman–Crippen LogP) is 3.39. The highest BCUT2D eigenvalue weighted by Crippen LogP contribution is 2.27. The van der Waals surface area contributed by atoms with Crippen molar-refractivity contribution in [2.75, 3.05) is 20.8 Å².